The maximum atomic E-state index is 12.3. The number of carbonyl (C=O) groups excluding carboxylic acids is 2. The Kier molecular flexibility index (Phi) is 5.29. The van der Waals surface area contributed by atoms with Crippen molar-refractivity contribution < 1.29 is 24.2 Å². The standard InChI is InChI=1S/C26H39NO5/c1-15(27)23(29)32-18-6-9-24(2)17(13-18)4-5-21-20(24)7-10-25(3)19(8-11-26(21,25)30)16-12-22(28)31-14-16/h12,15,17-21,30H,4-11,13-14,27H2,1-3H3/t15-,17+,18-,19+,20-,21+,24-,25+,26-/m0/s1. The van der Waals surface area contributed by atoms with Gasteiger partial charge >= 0.3 is 11.9 Å². The molecule has 5 aliphatic rings. The molecule has 5 rings (SSSR count). The molecule has 0 spiro atoms. The third kappa shape index (κ3) is 3.12. The molecule has 0 bridgehead atoms. The highest BCUT2D eigenvalue weighted by Gasteiger charge is 2.67. The highest BCUT2D eigenvalue weighted by Crippen LogP contribution is 2.70. The molecule has 6 nitrogen and oxygen atoms in total. The van der Waals surface area contributed by atoms with Crippen LogP contribution in [0.3, 0.4) is 0 Å². The fraction of sp³-hybridized carbons (Fsp3) is 0.846. The van der Waals surface area contributed by atoms with Gasteiger partial charge in [-0.15, -0.1) is 0 Å². The molecule has 4 aliphatic carbocycles. The van der Waals surface area contributed by atoms with Crippen molar-refractivity contribution in [2.45, 2.75) is 96.3 Å². The van der Waals surface area contributed by atoms with Crippen LogP contribution in [0.25, 0.3) is 0 Å². The lowest BCUT2D eigenvalue weighted by molar-refractivity contribution is -0.210. The third-order valence-electron chi connectivity index (χ3n) is 10.6. The Morgan fingerprint density at radius 3 is 2.62 bits per heavy atom. The molecule has 0 amide bonds. The van der Waals surface area contributed by atoms with Gasteiger partial charge in [0.15, 0.2) is 0 Å². The fourth-order valence-electron chi connectivity index (χ4n) is 8.75. The highest BCUT2D eigenvalue weighted by atomic mass is 16.5. The number of carbonyl (C=O) groups is 2. The first kappa shape index (κ1) is 22.4. The van der Waals surface area contributed by atoms with E-state index in [1.54, 1.807) is 13.0 Å². The maximum Gasteiger partial charge on any atom is 0.331 e. The summed E-state index contributed by atoms with van der Waals surface area (Å²) < 4.78 is 10.9. The van der Waals surface area contributed by atoms with Crippen LogP contribution in [-0.4, -0.2) is 41.4 Å². The van der Waals surface area contributed by atoms with Gasteiger partial charge in [0.05, 0.1) is 5.60 Å². The molecule has 9 atom stereocenters. The number of esters is 2. The maximum absolute atomic E-state index is 12.3. The molecule has 4 saturated carbocycles. The summed E-state index contributed by atoms with van der Waals surface area (Å²) in [6.07, 6.45) is 10.5. The van der Waals surface area contributed by atoms with Crippen molar-refractivity contribution in [1.82, 2.24) is 0 Å². The Labute approximate surface area is 191 Å². The van der Waals surface area contributed by atoms with Crippen molar-refractivity contribution in [3.63, 3.8) is 0 Å². The molecule has 1 heterocycles. The van der Waals surface area contributed by atoms with Crippen LogP contribution in [0.15, 0.2) is 11.6 Å². The van der Waals surface area contributed by atoms with E-state index in [4.69, 9.17) is 15.2 Å². The van der Waals surface area contributed by atoms with Crippen LogP contribution in [0, 0.1) is 34.5 Å². The predicted molar refractivity (Wildman–Crippen MR) is 119 cm³/mol. The van der Waals surface area contributed by atoms with Gasteiger partial charge in [0, 0.05) is 11.5 Å². The van der Waals surface area contributed by atoms with Crippen molar-refractivity contribution in [3.05, 3.63) is 11.6 Å². The lowest BCUT2D eigenvalue weighted by Gasteiger charge is -2.63. The first-order chi connectivity index (χ1) is 15.1. The number of rotatable bonds is 3. The van der Waals surface area contributed by atoms with Crippen LogP contribution >= 0.6 is 0 Å². The van der Waals surface area contributed by atoms with E-state index in [2.05, 4.69) is 13.8 Å². The minimum Gasteiger partial charge on any atom is -0.461 e. The minimum atomic E-state index is -0.681. The number of hydrogen-bond acceptors (Lipinski definition) is 6. The highest BCUT2D eigenvalue weighted by molar-refractivity contribution is 5.85. The van der Waals surface area contributed by atoms with Gasteiger partial charge in [-0.05, 0) is 99.4 Å². The Morgan fingerprint density at radius 2 is 1.94 bits per heavy atom. The second-order valence-electron chi connectivity index (χ2n) is 11.9. The summed E-state index contributed by atoms with van der Waals surface area (Å²) in [4.78, 5) is 23.7. The molecule has 32 heavy (non-hydrogen) atoms. The van der Waals surface area contributed by atoms with E-state index >= 15 is 0 Å². The van der Waals surface area contributed by atoms with Crippen LogP contribution in [0.1, 0.15) is 78.6 Å². The second-order valence-corrected chi connectivity index (χ2v) is 11.9. The summed E-state index contributed by atoms with van der Waals surface area (Å²) in [7, 11) is 0. The first-order valence-electron chi connectivity index (χ1n) is 12.6. The van der Waals surface area contributed by atoms with E-state index in [1.807, 2.05) is 0 Å². The van der Waals surface area contributed by atoms with Crippen LogP contribution in [0.5, 0.6) is 0 Å². The number of hydrogen-bond donors (Lipinski definition) is 2. The van der Waals surface area contributed by atoms with Gasteiger partial charge in [0.1, 0.15) is 18.8 Å². The van der Waals surface area contributed by atoms with Crippen LogP contribution in [-0.2, 0) is 19.1 Å². The fourth-order valence-corrected chi connectivity index (χ4v) is 8.75. The monoisotopic (exact) mass is 445 g/mol. The van der Waals surface area contributed by atoms with Crippen LogP contribution in [0.2, 0.25) is 0 Å². The molecule has 0 aromatic rings. The number of nitrogens with two attached hydrogens (primary N) is 1. The topological polar surface area (TPSA) is 98.9 Å². The number of fused-ring (bicyclic) bond motifs is 5. The molecule has 1 aliphatic heterocycles. The predicted octanol–water partition coefficient (Wildman–Crippen LogP) is 3.50. The van der Waals surface area contributed by atoms with Crippen molar-refractivity contribution in [2.24, 2.45) is 40.2 Å². The molecule has 0 radical (unpaired) electrons. The third-order valence-corrected chi connectivity index (χ3v) is 10.6. The van der Waals surface area contributed by atoms with Gasteiger partial charge in [0.2, 0.25) is 0 Å². The minimum absolute atomic E-state index is 0.0252. The molecule has 0 unspecified atom stereocenters. The summed E-state index contributed by atoms with van der Waals surface area (Å²) in [5.41, 5.74) is 6.10. The zero-order valence-corrected chi connectivity index (χ0v) is 19.8. The summed E-state index contributed by atoms with van der Waals surface area (Å²) >= 11 is 0. The van der Waals surface area contributed by atoms with Crippen LogP contribution in [0.4, 0.5) is 0 Å². The molecular weight excluding hydrogens is 406 g/mol. The van der Waals surface area contributed by atoms with Gasteiger partial charge in [-0.25, -0.2) is 4.79 Å². The van der Waals surface area contributed by atoms with E-state index < -0.39 is 11.6 Å². The molecule has 0 aromatic heterocycles. The molecule has 0 aromatic carbocycles. The molecule has 0 saturated heterocycles. The van der Waals surface area contributed by atoms with E-state index in [9.17, 15) is 14.7 Å². The van der Waals surface area contributed by atoms with Gasteiger partial charge in [-0.1, -0.05) is 13.8 Å². The quantitative estimate of drug-likeness (QED) is 0.645. The smallest absolute Gasteiger partial charge is 0.331 e. The van der Waals surface area contributed by atoms with Gasteiger partial charge < -0.3 is 20.3 Å². The van der Waals surface area contributed by atoms with E-state index in [0.717, 1.165) is 63.4 Å². The van der Waals surface area contributed by atoms with Crippen molar-refractivity contribution in [2.75, 3.05) is 6.61 Å². The summed E-state index contributed by atoms with van der Waals surface area (Å²) in [5.74, 6) is 1.03. The molecule has 4 fully saturated rings. The van der Waals surface area contributed by atoms with Gasteiger partial charge in [-0.2, -0.15) is 0 Å². The normalized spacial score (nSPS) is 48.7. The summed E-state index contributed by atoms with van der Waals surface area (Å²) in [5, 5.41) is 12.3. The number of ether oxygens (including phenoxy) is 2. The van der Waals surface area contributed by atoms with Crippen molar-refractivity contribution in [1.29, 1.82) is 0 Å². The molecule has 6 heteroatoms. The number of cyclic esters (lactones) is 1. The second kappa shape index (κ2) is 7.56. The Balaban J connectivity index is 1.35. The average Bonchev–Trinajstić information content (AvgIpc) is 3.28. The summed E-state index contributed by atoms with van der Waals surface area (Å²) in [6.45, 7) is 6.77. The lowest BCUT2D eigenvalue weighted by Crippen LogP contribution is -2.62. The van der Waals surface area contributed by atoms with Gasteiger partial charge in [-0.3, -0.25) is 4.79 Å². The van der Waals surface area contributed by atoms with Crippen LogP contribution < -0.4 is 5.73 Å². The largest absolute Gasteiger partial charge is 0.461 e. The Hall–Kier alpha value is -1.40. The molecule has 178 valence electrons. The zero-order valence-electron chi connectivity index (χ0n) is 19.8. The van der Waals surface area contributed by atoms with E-state index in [-0.39, 0.29) is 34.8 Å². The van der Waals surface area contributed by atoms with Gasteiger partial charge in [0.25, 0.3) is 0 Å². The molecular formula is C26H39NO5. The average molecular weight is 446 g/mol. The molecule has 3 N–H and O–H groups in total. The summed E-state index contributed by atoms with van der Waals surface area (Å²) in [6, 6.07) is -0.574. The Bertz CT molecular complexity index is 838. The SMILES string of the molecule is C[C@H](N)C(=O)O[C@H]1CC[C@@]2(C)[C@H](CC[C@@H]3[C@@H]2CC[C@]2(C)[C@@H](C4=CC(=O)OC4)CC[C@]32O)C1. The zero-order chi connectivity index (χ0) is 22.9. The van der Waals surface area contributed by atoms with Crippen molar-refractivity contribution in [3.8, 4) is 0 Å². The van der Waals surface area contributed by atoms with E-state index in [0.29, 0.717) is 24.4 Å². The van der Waals surface area contributed by atoms with Crippen molar-refractivity contribution >= 4 is 11.9 Å². The van der Waals surface area contributed by atoms with E-state index in [1.165, 1.54) is 0 Å². The first-order valence-corrected chi connectivity index (χ1v) is 12.6. The lowest BCUT2D eigenvalue weighted by atomic mass is 9.43. The Morgan fingerprint density at radius 1 is 1.16 bits per heavy atom. The number of aliphatic hydroxyl groups is 1.